The molecule has 2 amide bonds. The molecule has 8 heteroatoms. The number of nitrogens with one attached hydrogen (secondary N) is 3. The lowest BCUT2D eigenvalue weighted by Gasteiger charge is -2.19. The van der Waals surface area contributed by atoms with Crippen molar-refractivity contribution in [2.45, 2.75) is 13.0 Å². The van der Waals surface area contributed by atoms with E-state index >= 15 is 0 Å². The SMILES string of the molecule is COc1ccc(NC(=O)C[NH+](C)CC(=O)N[C@@H](C)c2cc(OC)ccc2OC)cc1. The smallest absolute Gasteiger partial charge is 0.279 e. The van der Waals surface area contributed by atoms with Crippen LogP contribution in [0.4, 0.5) is 5.69 Å². The molecule has 0 fully saturated rings. The fraction of sp³-hybridized carbons (Fsp3) is 0.364. The minimum atomic E-state index is -0.275. The summed E-state index contributed by atoms with van der Waals surface area (Å²) in [7, 11) is 6.55. The normalized spacial score (nSPS) is 12.4. The van der Waals surface area contributed by atoms with Gasteiger partial charge in [0.05, 0.1) is 34.4 Å². The van der Waals surface area contributed by atoms with Gasteiger partial charge >= 0.3 is 0 Å². The van der Waals surface area contributed by atoms with Crippen LogP contribution < -0.4 is 29.7 Å². The Balaban J connectivity index is 1.87. The van der Waals surface area contributed by atoms with E-state index in [2.05, 4.69) is 10.6 Å². The summed E-state index contributed by atoms with van der Waals surface area (Å²) in [6, 6.07) is 12.2. The van der Waals surface area contributed by atoms with Crippen LogP contribution in [0, 0.1) is 0 Å². The second-order valence-electron chi connectivity index (χ2n) is 6.98. The molecule has 0 saturated heterocycles. The van der Waals surface area contributed by atoms with Crippen molar-refractivity contribution in [2.75, 3.05) is 46.8 Å². The summed E-state index contributed by atoms with van der Waals surface area (Å²) in [4.78, 5) is 25.5. The molecule has 2 aromatic rings. The van der Waals surface area contributed by atoms with Crippen molar-refractivity contribution in [3.8, 4) is 17.2 Å². The van der Waals surface area contributed by atoms with Crippen LogP contribution in [0.25, 0.3) is 0 Å². The zero-order chi connectivity index (χ0) is 22.1. The molecule has 162 valence electrons. The second kappa shape index (κ2) is 11.1. The quantitative estimate of drug-likeness (QED) is 0.539. The third-order valence-corrected chi connectivity index (χ3v) is 4.58. The molecule has 0 aliphatic rings. The van der Waals surface area contributed by atoms with Crippen molar-refractivity contribution >= 4 is 17.5 Å². The number of anilines is 1. The Hall–Kier alpha value is -3.26. The van der Waals surface area contributed by atoms with Gasteiger partial charge in [-0.3, -0.25) is 9.59 Å². The molecule has 0 aliphatic carbocycles. The lowest BCUT2D eigenvalue weighted by atomic mass is 10.1. The van der Waals surface area contributed by atoms with Gasteiger partial charge in [0.1, 0.15) is 17.2 Å². The molecule has 3 N–H and O–H groups in total. The maximum atomic E-state index is 12.5. The molecule has 0 heterocycles. The zero-order valence-electron chi connectivity index (χ0n) is 18.1. The number of likely N-dealkylation sites (N-methyl/N-ethyl adjacent to an activating group) is 1. The summed E-state index contributed by atoms with van der Waals surface area (Å²) in [5.74, 6) is 1.73. The molecule has 1 unspecified atom stereocenters. The highest BCUT2D eigenvalue weighted by Gasteiger charge is 2.19. The maximum absolute atomic E-state index is 12.5. The van der Waals surface area contributed by atoms with Crippen molar-refractivity contribution in [2.24, 2.45) is 0 Å². The van der Waals surface area contributed by atoms with E-state index in [1.165, 1.54) is 0 Å². The van der Waals surface area contributed by atoms with E-state index in [-0.39, 0.29) is 30.9 Å². The molecule has 0 radical (unpaired) electrons. The predicted octanol–water partition coefficient (Wildman–Crippen LogP) is 1.04. The van der Waals surface area contributed by atoms with Crippen LogP contribution in [0.3, 0.4) is 0 Å². The van der Waals surface area contributed by atoms with Crippen LogP contribution in [0.5, 0.6) is 17.2 Å². The Morgan fingerprint density at radius 2 is 1.50 bits per heavy atom. The number of rotatable bonds is 10. The van der Waals surface area contributed by atoms with E-state index in [4.69, 9.17) is 14.2 Å². The summed E-state index contributed by atoms with van der Waals surface area (Å²) in [5, 5.41) is 5.76. The topological polar surface area (TPSA) is 90.3 Å². The number of hydrogen-bond acceptors (Lipinski definition) is 5. The van der Waals surface area contributed by atoms with E-state index in [9.17, 15) is 9.59 Å². The van der Waals surface area contributed by atoms with Gasteiger partial charge in [0.15, 0.2) is 13.1 Å². The Morgan fingerprint density at radius 1 is 0.900 bits per heavy atom. The van der Waals surface area contributed by atoms with Crippen molar-refractivity contribution in [1.29, 1.82) is 0 Å². The molecular weight excluding hydrogens is 386 g/mol. The fourth-order valence-corrected chi connectivity index (χ4v) is 3.04. The minimum Gasteiger partial charge on any atom is -0.497 e. The monoisotopic (exact) mass is 416 g/mol. The Morgan fingerprint density at radius 3 is 2.10 bits per heavy atom. The van der Waals surface area contributed by atoms with Crippen LogP contribution in [-0.2, 0) is 9.59 Å². The van der Waals surface area contributed by atoms with E-state index < -0.39 is 0 Å². The van der Waals surface area contributed by atoms with E-state index in [1.807, 2.05) is 13.0 Å². The van der Waals surface area contributed by atoms with Gasteiger partial charge in [-0.1, -0.05) is 0 Å². The number of quaternary nitrogens is 1. The molecule has 8 nitrogen and oxygen atoms in total. The van der Waals surface area contributed by atoms with Crippen LogP contribution in [0.15, 0.2) is 42.5 Å². The molecular formula is C22H30N3O5+. The molecule has 0 spiro atoms. The molecule has 0 aliphatic heterocycles. The van der Waals surface area contributed by atoms with E-state index in [0.29, 0.717) is 22.9 Å². The van der Waals surface area contributed by atoms with Crippen molar-refractivity contribution in [1.82, 2.24) is 5.32 Å². The first-order valence-electron chi connectivity index (χ1n) is 9.62. The summed E-state index contributed by atoms with van der Waals surface area (Å²) in [6.07, 6.45) is 0. The number of carbonyl (C=O) groups excluding carboxylic acids is 2. The molecule has 0 aromatic heterocycles. The van der Waals surface area contributed by atoms with Gasteiger partial charge in [-0.25, -0.2) is 0 Å². The molecule has 0 bridgehead atoms. The minimum absolute atomic E-state index is 0.159. The lowest BCUT2D eigenvalue weighted by Crippen LogP contribution is -3.11. The fourth-order valence-electron chi connectivity index (χ4n) is 3.04. The molecule has 2 rings (SSSR count). The average Bonchev–Trinajstić information content (AvgIpc) is 2.73. The van der Waals surface area contributed by atoms with E-state index in [1.54, 1.807) is 64.8 Å². The standard InChI is InChI=1S/C22H29N3O5/c1-15(19-12-18(29-4)10-11-20(19)30-5)23-21(26)13-25(2)14-22(27)24-16-6-8-17(28-3)9-7-16/h6-12,15H,13-14H2,1-5H3,(H,23,26)(H,24,27)/p+1/t15-/m0/s1. The number of amides is 2. The molecule has 0 saturated carbocycles. The first kappa shape index (κ1) is 23.0. The van der Waals surface area contributed by atoms with Gasteiger partial charge in [-0.05, 0) is 49.4 Å². The highest BCUT2D eigenvalue weighted by atomic mass is 16.5. The summed E-state index contributed by atoms with van der Waals surface area (Å²) < 4.78 is 15.7. The number of hydrogen-bond donors (Lipinski definition) is 3. The van der Waals surface area contributed by atoms with Gasteiger partial charge in [-0.15, -0.1) is 0 Å². The first-order chi connectivity index (χ1) is 14.4. The largest absolute Gasteiger partial charge is 0.497 e. The van der Waals surface area contributed by atoms with Gasteiger partial charge in [0.2, 0.25) is 0 Å². The van der Waals surface area contributed by atoms with Crippen LogP contribution in [-0.4, -0.2) is 53.3 Å². The highest BCUT2D eigenvalue weighted by Crippen LogP contribution is 2.29. The van der Waals surface area contributed by atoms with Crippen LogP contribution in [0.2, 0.25) is 0 Å². The predicted molar refractivity (Wildman–Crippen MR) is 114 cm³/mol. The van der Waals surface area contributed by atoms with Crippen molar-refractivity contribution in [3.05, 3.63) is 48.0 Å². The van der Waals surface area contributed by atoms with Crippen molar-refractivity contribution in [3.63, 3.8) is 0 Å². The van der Waals surface area contributed by atoms with Gasteiger partial charge < -0.3 is 29.7 Å². The summed E-state index contributed by atoms with van der Waals surface area (Å²) in [5.41, 5.74) is 1.50. The van der Waals surface area contributed by atoms with Gasteiger partial charge in [-0.2, -0.15) is 0 Å². The number of benzene rings is 2. The third kappa shape index (κ3) is 6.66. The number of ether oxygens (including phenoxy) is 3. The van der Waals surface area contributed by atoms with Gasteiger partial charge in [0.25, 0.3) is 11.8 Å². The lowest BCUT2D eigenvalue weighted by molar-refractivity contribution is -0.862. The first-order valence-corrected chi connectivity index (χ1v) is 9.62. The summed E-state index contributed by atoms with van der Waals surface area (Å²) >= 11 is 0. The Bertz CT molecular complexity index is 854. The number of methoxy groups -OCH3 is 3. The van der Waals surface area contributed by atoms with Gasteiger partial charge in [0, 0.05) is 11.3 Å². The molecule has 2 aromatic carbocycles. The molecule has 2 atom stereocenters. The molecule has 30 heavy (non-hydrogen) atoms. The zero-order valence-corrected chi connectivity index (χ0v) is 18.1. The number of carbonyl (C=O) groups is 2. The van der Waals surface area contributed by atoms with Crippen LogP contribution in [0.1, 0.15) is 18.5 Å². The Labute approximate surface area is 177 Å². The summed E-state index contributed by atoms with van der Waals surface area (Å²) in [6.45, 7) is 2.20. The average molecular weight is 416 g/mol. The highest BCUT2D eigenvalue weighted by molar-refractivity contribution is 5.91. The second-order valence-corrected chi connectivity index (χ2v) is 6.98. The Kier molecular flexibility index (Phi) is 8.49. The third-order valence-electron chi connectivity index (χ3n) is 4.58. The maximum Gasteiger partial charge on any atom is 0.279 e. The van der Waals surface area contributed by atoms with Crippen molar-refractivity contribution < 1.29 is 28.7 Å². The van der Waals surface area contributed by atoms with Crippen LogP contribution >= 0.6 is 0 Å². The van der Waals surface area contributed by atoms with E-state index in [0.717, 1.165) is 10.5 Å².